The summed E-state index contributed by atoms with van der Waals surface area (Å²) in [6.07, 6.45) is 9.21. The minimum absolute atomic E-state index is 0.0152. The van der Waals surface area contributed by atoms with Crippen LogP contribution in [-0.2, 0) is 4.79 Å². The van der Waals surface area contributed by atoms with Crippen LogP contribution in [0.25, 0.3) is 0 Å². The Morgan fingerprint density at radius 3 is 2.53 bits per heavy atom. The van der Waals surface area contributed by atoms with Crippen molar-refractivity contribution in [3.8, 4) is 0 Å². The maximum absolute atomic E-state index is 13.7. The SMILES string of the molecule is C[C@@]12CC[C@@H](C[C@@H]1C(=O)N1CCN(C3CCCC3)CC1)[C@]1(C2)NC(=O)c2ccccc2N1. The van der Waals surface area contributed by atoms with E-state index in [-0.39, 0.29) is 23.2 Å². The minimum atomic E-state index is -0.420. The molecule has 4 atom stereocenters. The summed E-state index contributed by atoms with van der Waals surface area (Å²) in [4.78, 5) is 31.4. The van der Waals surface area contributed by atoms with Gasteiger partial charge in [-0.25, -0.2) is 0 Å². The number of carbonyl (C=O) groups excluding carboxylic acids is 2. The third kappa shape index (κ3) is 3.17. The molecule has 6 nitrogen and oxygen atoms in total. The van der Waals surface area contributed by atoms with Gasteiger partial charge in [0.25, 0.3) is 5.91 Å². The number of carbonyl (C=O) groups is 2. The van der Waals surface area contributed by atoms with Crippen LogP contribution in [-0.4, -0.2) is 59.5 Å². The van der Waals surface area contributed by atoms with Crippen LogP contribution in [0.15, 0.2) is 24.3 Å². The van der Waals surface area contributed by atoms with Crippen molar-refractivity contribution < 1.29 is 9.59 Å². The van der Waals surface area contributed by atoms with Gasteiger partial charge in [-0.05, 0) is 56.1 Å². The minimum Gasteiger partial charge on any atom is -0.362 e. The number of fused-ring (bicyclic) bond motifs is 3. The number of hydrogen-bond acceptors (Lipinski definition) is 4. The molecule has 2 amide bonds. The average Bonchev–Trinajstić information content (AvgIpc) is 3.33. The predicted octanol–water partition coefficient (Wildman–Crippen LogP) is 3.45. The van der Waals surface area contributed by atoms with Crippen LogP contribution < -0.4 is 10.6 Å². The van der Waals surface area contributed by atoms with Gasteiger partial charge in [0.15, 0.2) is 0 Å². The molecular weight excluding hydrogens is 400 g/mol. The third-order valence-electron chi connectivity index (χ3n) is 9.44. The van der Waals surface area contributed by atoms with Crippen LogP contribution in [0.5, 0.6) is 0 Å². The van der Waals surface area contributed by atoms with E-state index in [2.05, 4.69) is 27.4 Å². The van der Waals surface area contributed by atoms with Crippen LogP contribution in [0.3, 0.4) is 0 Å². The van der Waals surface area contributed by atoms with E-state index in [1.54, 1.807) is 0 Å². The highest BCUT2D eigenvalue weighted by atomic mass is 16.2. The van der Waals surface area contributed by atoms with E-state index in [0.29, 0.717) is 5.91 Å². The van der Waals surface area contributed by atoms with Crippen LogP contribution in [0, 0.1) is 17.3 Å². The van der Waals surface area contributed by atoms with E-state index in [1.165, 1.54) is 25.7 Å². The molecule has 0 unspecified atom stereocenters. The van der Waals surface area contributed by atoms with Crippen molar-refractivity contribution in [3.63, 3.8) is 0 Å². The average molecular weight is 437 g/mol. The molecule has 0 aromatic heterocycles. The number of nitrogens with zero attached hydrogens (tertiary/aromatic N) is 2. The van der Waals surface area contributed by atoms with Crippen molar-refractivity contribution in [1.29, 1.82) is 0 Å². The Bertz CT molecular complexity index is 920. The molecule has 2 bridgehead atoms. The van der Waals surface area contributed by atoms with Gasteiger partial charge < -0.3 is 15.5 Å². The Labute approximate surface area is 191 Å². The second-order valence-electron chi connectivity index (χ2n) is 11.3. The molecule has 1 saturated heterocycles. The summed E-state index contributed by atoms with van der Waals surface area (Å²) in [6, 6.07) is 8.53. The second-order valence-corrected chi connectivity index (χ2v) is 11.3. The molecule has 2 heterocycles. The Hall–Kier alpha value is -2.08. The lowest BCUT2D eigenvalue weighted by atomic mass is 9.51. The fraction of sp³-hybridized carbons (Fsp3) is 0.692. The van der Waals surface area contributed by atoms with E-state index < -0.39 is 5.66 Å². The molecule has 2 aliphatic heterocycles. The zero-order valence-electron chi connectivity index (χ0n) is 19.2. The quantitative estimate of drug-likeness (QED) is 0.745. The summed E-state index contributed by atoms with van der Waals surface area (Å²) in [5, 5.41) is 7.05. The summed E-state index contributed by atoms with van der Waals surface area (Å²) in [7, 11) is 0. The molecule has 32 heavy (non-hydrogen) atoms. The largest absolute Gasteiger partial charge is 0.362 e. The van der Waals surface area contributed by atoms with Gasteiger partial charge in [0.2, 0.25) is 5.91 Å². The van der Waals surface area contributed by atoms with Crippen molar-refractivity contribution in [1.82, 2.24) is 15.1 Å². The summed E-state index contributed by atoms with van der Waals surface area (Å²) in [5.41, 5.74) is 1.15. The zero-order chi connectivity index (χ0) is 21.9. The molecular formula is C26H36N4O2. The van der Waals surface area contributed by atoms with Crippen molar-refractivity contribution >= 4 is 17.5 Å². The topological polar surface area (TPSA) is 64.7 Å². The fourth-order valence-corrected chi connectivity index (χ4v) is 7.63. The zero-order valence-corrected chi connectivity index (χ0v) is 19.2. The Morgan fingerprint density at radius 1 is 1.03 bits per heavy atom. The first-order valence-electron chi connectivity index (χ1n) is 12.7. The highest BCUT2D eigenvalue weighted by Gasteiger charge is 2.60. The highest BCUT2D eigenvalue weighted by Crippen LogP contribution is 2.58. The summed E-state index contributed by atoms with van der Waals surface area (Å²) in [6.45, 7) is 6.10. The van der Waals surface area contributed by atoms with Gasteiger partial charge in [-0.1, -0.05) is 31.9 Å². The lowest BCUT2D eigenvalue weighted by Crippen LogP contribution is -2.70. The summed E-state index contributed by atoms with van der Waals surface area (Å²) in [5.74, 6) is 0.734. The van der Waals surface area contributed by atoms with Gasteiger partial charge in [-0.15, -0.1) is 0 Å². The molecule has 5 fully saturated rings. The number of para-hydroxylation sites is 1. The predicted molar refractivity (Wildman–Crippen MR) is 124 cm³/mol. The highest BCUT2D eigenvalue weighted by molar-refractivity contribution is 6.02. The number of amides is 2. The van der Waals surface area contributed by atoms with Crippen LogP contribution in [0.4, 0.5) is 5.69 Å². The molecule has 2 N–H and O–H groups in total. The Balaban J connectivity index is 1.17. The van der Waals surface area contributed by atoms with Crippen LogP contribution >= 0.6 is 0 Å². The van der Waals surface area contributed by atoms with Gasteiger partial charge in [-0.3, -0.25) is 14.5 Å². The molecule has 1 aromatic carbocycles. The number of hydrogen-bond donors (Lipinski definition) is 2. The fourth-order valence-electron chi connectivity index (χ4n) is 7.63. The summed E-state index contributed by atoms with van der Waals surface area (Å²) < 4.78 is 0. The van der Waals surface area contributed by atoms with Crippen molar-refractivity contribution in [2.75, 3.05) is 31.5 Å². The number of piperazine rings is 1. The number of nitrogens with one attached hydrogen (secondary N) is 2. The normalized spacial score (nSPS) is 37.3. The summed E-state index contributed by atoms with van der Waals surface area (Å²) >= 11 is 0. The van der Waals surface area contributed by atoms with Gasteiger partial charge in [-0.2, -0.15) is 0 Å². The van der Waals surface area contributed by atoms with E-state index >= 15 is 0 Å². The van der Waals surface area contributed by atoms with Gasteiger partial charge in [0.05, 0.1) is 5.56 Å². The molecule has 6 aliphatic rings. The van der Waals surface area contributed by atoms with Crippen molar-refractivity contribution in [2.45, 2.75) is 70.0 Å². The maximum atomic E-state index is 13.7. The lowest BCUT2D eigenvalue weighted by Gasteiger charge is -2.61. The maximum Gasteiger partial charge on any atom is 0.255 e. The smallest absolute Gasteiger partial charge is 0.255 e. The first-order valence-corrected chi connectivity index (χ1v) is 12.7. The van der Waals surface area contributed by atoms with Crippen molar-refractivity contribution in [3.05, 3.63) is 29.8 Å². The molecule has 172 valence electrons. The second kappa shape index (κ2) is 7.47. The number of anilines is 1. The van der Waals surface area contributed by atoms with Gasteiger partial charge in [0.1, 0.15) is 5.66 Å². The Kier molecular flexibility index (Phi) is 4.79. The first kappa shape index (κ1) is 20.5. The van der Waals surface area contributed by atoms with E-state index in [4.69, 9.17) is 0 Å². The van der Waals surface area contributed by atoms with Gasteiger partial charge in [0, 0.05) is 49.7 Å². The van der Waals surface area contributed by atoms with E-state index in [9.17, 15) is 9.59 Å². The molecule has 1 aromatic rings. The Morgan fingerprint density at radius 2 is 1.78 bits per heavy atom. The molecule has 0 radical (unpaired) electrons. The third-order valence-corrected chi connectivity index (χ3v) is 9.44. The van der Waals surface area contributed by atoms with Crippen LogP contribution in [0.2, 0.25) is 0 Å². The monoisotopic (exact) mass is 436 g/mol. The van der Waals surface area contributed by atoms with E-state index in [0.717, 1.165) is 69.2 Å². The lowest BCUT2D eigenvalue weighted by molar-refractivity contribution is -0.152. The molecule has 4 saturated carbocycles. The van der Waals surface area contributed by atoms with Crippen LogP contribution in [0.1, 0.15) is 68.6 Å². The molecule has 4 aliphatic carbocycles. The molecule has 7 rings (SSSR count). The number of benzene rings is 1. The molecule has 1 spiro atoms. The first-order chi connectivity index (χ1) is 15.5. The standard InChI is InChI=1S/C26H36N4O2/c1-25-11-10-18(26(17-25)27-22-9-5-4-8-20(22)23(31)28-26)16-21(25)24(32)30-14-12-29(13-15-30)19-6-2-3-7-19/h4-5,8-9,18-19,21,27H,2-3,6-7,10-17H2,1H3,(H,28,31)/t18-,21+,25-,26-/m0/s1. The van der Waals surface area contributed by atoms with Crippen molar-refractivity contribution in [2.24, 2.45) is 17.3 Å². The molecule has 6 heteroatoms. The van der Waals surface area contributed by atoms with E-state index in [1.807, 2.05) is 24.3 Å². The number of rotatable bonds is 2. The van der Waals surface area contributed by atoms with Gasteiger partial charge >= 0.3 is 0 Å².